The Labute approximate surface area is 52.0 Å². The summed E-state index contributed by atoms with van der Waals surface area (Å²) < 4.78 is 0. The molecule has 0 amide bonds. The third-order valence-corrected chi connectivity index (χ3v) is 24.4. The van der Waals surface area contributed by atoms with E-state index in [4.69, 9.17) is 5.11 Å². The van der Waals surface area contributed by atoms with Gasteiger partial charge in [-0.05, 0) is 0 Å². The van der Waals surface area contributed by atoms with E-state index < -0.39 is 0 Å². The van der Waals surface area contributed by atoms with Gasteiger partial charge in [-0.3, -0.25) is 0 Å². The Balaban J connectivity index is 2.37. The van der Waals surface area contributed by atoms with Crippen molar-refractivity contribution < 1.29 is 5.11 Å². The van der Waals surface area contributed by atoms with Crippen LogP contribution in [0.5, 0.6) is 0 Å². The van der Waals surface area contributed by atoms with Gasteiger partial charge in [0.05, 0.1) is 0 Å². The van der Waals surface area contributed by atoms with Gasteiger partial charge in [-0.2, -0.15) is 0 Å². The molecule has 6 heavy (non-hydrogen) atoms. The fourth-order valence-corrected chi connectivity index (χ4v) is 23.5. The molecule has 0 aromatic heterocycles. The minimum atomic E-state index is -0.0365. The highest BCUT2D eigenvalue weighted by Gasteiger charge is 2.91. The van der Waals surface area contributed by atoms with Gasteiger partial charge < -0.3 is 5.11 Å². The van der Waals surface area contributed by atoms with Crippen molar-refractivity contribution in [2.75, 3.05) is 0 Å². The summed E-state index contributed by atoms with van der Waals surface area (Å²) in [5, 5.41) is 9.17. The summed E-state index contributed by atoms with van der Waals surface area (Å²) >= 11 is 2.38. The van der Waals surface area contributed by atoms with Gasteiger partial charge in [0, 0.05) is 22.0 Å². The average molecular weight is 249 g/mol. The molecule has 1 nitrogen and oxygen atoms in total. The summed E-state index contributed by atoms with van der Waals surface area (Å²) in [5.41, 5.74) is 0. The summed E-state index contributed by atoms with van der Waals surface area (Å²) in [6.45, 7) is 0.232. The van der Waals surface area contributed by atoms with Crippen LogP contribution in [0.15, 0.2) is 0 Å². The summed E-state index contributed by atoms with van der Waals surface area (Å²) in [5.74, 6) is 0. The lowest BCUT2D eigenvalue weighted by Gasteiger charge is -1.66. The number of rotatable bonds is 0. The molecule has 2 aliphatic heterocycles. The molecular weight excluding hydrogens is 248 g/mol. The maximum Gasteiger partial charge on any atom is 0.378 e. The SMILES string of the molecule is OC12P=[P+]1P2I. The number of halogens is 1. The molecule has 0 saturated carbocycles. The molecule has 0 radical (unpaired) electrons. The van der Waals surface area contributed by atoms with E-state index >= 15 is 0 Å². The maximum absolute atomic E-state index is 9.01. The quantitative estimate of drug-likeness (QED) is 0.516. The first-order valence-corrected chi connectivity index (χ1v) is 9.24. The van der Waals surface area contributed by atoms with Gasteiger partial charge in [-0.15, -0.1) is 0 Å². The van der Waals surface area contributed by atoms with Crippen LogP contribution in [0.4, 0.5) is 0 Å². The molecule has 5 heteroatoms. The minimum Gasteiger partial charge on any atom is -0.334 e. The van der Waals surface area contributed by atoms with Crippen molar-refractivity contribution in [3.8, 4) is 0 Å². The smallest absolute Gasteiger partial charge is 0.334 e. The monoisotopic (exact) mass is 249 g/mol. The average Bonchev–Trinajstić information content (AvgIpc) is 2.24. The summed E-state index contributed by atoms with van der Waals surface area (Å²) in [6, 6.07) is 0. The van der Waals surface area contributed by atoms with Gasteiger partial charge in [-0.1, -0.05) is 0 Å². The third-order valence-electron chi connectivity index (χ3n) is 0.832. The first-order valence-electron chi connectivity index (χ1n) is 1.46. The van der Waals surface area contributed by atoms with Crippen LogP contribution < -0.4 is 0 Å². The zero-order chi connectivity index (χ0) is 4.36. The number of aliphatic hydroxyl groups is 1. The first-order chi connectivity index (χ1) is 2.75. The van der Waals surface area contributed by atoms with Gasteiger partial charge in [0.1, 0.15) is 0 Å². The van der Waals surface area contributed by atoms with Crippen LogP contribution in [0.25, 0.3) is 0 Å². The van der Waals surface area contributed by atoms with Gasteiger partial charge in [0.2, 0.25) is 14.8 Å². The number of fused-ring (bicyclic) bond motifs is 1. The Hall–Kier alpha value is 1.72. The molecular formula is CHIOP3+. The molecule has 0 aromatic rings. The molecule has 1 N–H and O–H groups in total. The van der Waals surface area contributed by atoms with E-state index in [1.807, 2.05) is 0 Å². The molecule has 0 bridgehead atoms. The summed E-state index contributed by atoms with van der Waals surface area (Å²) in [7, 11) is 1.38. The van der Waals surface area contributed by atoms with Crippen molar-refractivity contribution in [2.24, 2.45) is 0 Å². The van der Waals surface area contributed by atoms with Crippen LogP contribution in [0.1, 0.15) is 0 Å². The van der Waals surface area contributed by atoms with E-state index in [9.17, 15) is 0 Å². The second kappa shape index (κ2) is 1.01. The highest BCUT2D eigenvalue weighted by molar-refractivity contribution is 14.2. The molecule has 1 fully saturated rings. The van der Waals surface area contributed by atoms with Crippen LogP contribution in [-0.4, -0.2) is 9.93 Å². The third kappa shape index (κ3) is 0.364. The standard InChI is InChI=1S/CHIOP3/c2-5-1(3)4-6(1)5/h3H/q+1. The van der Waals surface area contributed by atoms with Gasteiger partial charge >= 0.3 is 4.82 Å². The second-order valence-electron chi connectivity index (χ2n) is 1.25. The second-order valence-corrected chi connectivity index (χ2v) is 15.9. The lowest BCUT2D eigenvalue weighted by Crippen LogP contribution is -1.76. The fraction of sp³-hybridized carbons (Fsp3) is 1.00. The summed E-state index contributed by atoms with van der Waals surface area (Å²) in [6.07, 6.45) is 0. The van der Waals surface area contributed by atoms with E-state index in [1.165, 1.54) is 7.87 Å². The number of hydrogen-bond acceptors (Lipinski definition) is 1. The highest BCUT2D eigenvalue weighted by atomic mass is 127. The predicted octanol–water partition coefficient (Wildman–Crippen LogP) is 2.71. The van der Waals surface area contributed by atoms with Crippen LogP contribution in [0.3, 0.4) is 0 Å². The molecule has 1 saturated heterocycles. The minimum absolute atomic E-state index is 0.0365. The normalized spacial score (nSPS) is 68.3. The molecule has 0 aliphatic carbocycles. The molecule has 2 rings (SSSR count). The van der Waals surface area contributed by atoms with Crippen LogP contribution in [0, 0.1) is 0 Å². The fourth-order valence-electron chi connectivity index (χ4n) is 0.316. The molecule has 32 valence electrons. The van der Waals surface area contributed by atoms with Crippen molar-refractivity contribution >= 4 is 42.1 Å². The Kier molecular flexibility index (Phi) is 0.775. The molecule has 0 spiro atoms. The molecule has 3 unspecified atom stereocenters. The topological polar surface area (TPSA) is 20.2 Å². The van der Waals surface area contributed by atoms with Crippen LogP contribution in [0.2, 0.25) is 0 Å². The van der Waals surface area contributed by atoms with Crippen molar-refractivity contribution in [1.82, 2.24) is 0 Å². The Bertz CT molecular complexity index is 144. The van der Waals surface area contributed by atoms with Gasteiger partial charge in [0.25, 0.3) is 5.25 Å². The molecule has 0 aromatic carbocycles. The predicted molar refractivity (Wildman–Crippen MR) is 39.7 cm³/mol. The summed E-state index contributed by atoms with van der Waals surface area (Å²) in [4.78, 5) is -0.0365. The van der Waals surface area contributed by atoms with Crippen molar-refractivity contribution in [2.45, 2.75) is 4.82 Å². The highest BCUT2D eigenvalue weighted by Crippen LogP contribution is 3.18. The van der Waals surface area contributed by atoms with E-state index in [-0.39, 0.29) is 17.0 Å². The zero-order valence-electron chi connectivity index (χ0n) is 2.67. The lowest BCUT2D eigenvalue weighted by molar-refractivity contribution is 0.327. The van der Waals surface area contributed by atoms with Gasteiger partial charge in [0.15, 0.2) is 0 Å². The maximum atomic E-state index is 9.01. The van der Waals surface area contributed by atoms with Gasteiger partial charge in [-0.25, -0.2) is 0 Å². The van der Waals surface area contributed by atoms with Crippen LogP contribution in [-0.2, 0) is 0 Å². The van der Waals surface area contributed by atoms with Crippen molar-refractivity contribution in [3.05, 3.63) is 0 Å². The Morgan fingerprint density at radius 2 is 2.33 bits per heavy atom. The van der Waals surface area contributed by atoms with Crippen LogP contribution >= 0.6 is 42.1 Å². The zero-order valence-corrected chi connectivity index (χ0v) is 7.51. The molecule has 2 heterocycles. The van der Waals surface area contributed by atoms with Crippen molar-refractivity contribution in [1.29, 1.82) is 0 Å². The lowest BCUT2D eigenvalue weighted by atomic mass is 11.6. The van der Waals surface area contributed by atoms with E-state index in [0.717, 1.165) is 0 Å². The Morgan fingerprint density at radius 1 is 2.00 bits per heavy atom. The van der Waals surface area contributed by atoms with Crippen molar-refractivity contribution in [3.63, 3.8) is 0 Å². The van der Waals surface area contributed by atoms with E-state index in [1.54, 1.807) is 0 Å². The van der Waals surface area contributed by atoms with E-state index in [2.05, 4.69) is 22.0 Å². The first kappa shape index (κ1) is 4.58. The number of hydrogen-bond donors (Lipinski definition) is 1. The Morgan fingerprint density at radius 3 is 2.33 bits per heavy atom. The largest absolute Gasteiger partial charge is 0.378 e. The molecule has 3 atom stereocenters. The van der Waals surface area contributed by atoms with E-state index in [0.29, 0.717) is 0 Å². The molecule has 2 aliphatic rings.